The second-order valence-electron chi connectivity index (χ2n) is 9.47. The van der Waals surface area contributed by atoms with E-state index in [1.165, 1.54) is 0 Å². The summed E-state index contributed by atoms with van der Waals surface area (Å²) in [4.78, 5) is 7.19. The number of anilines is 2. The average Bonchev–Trinajstić information content (AvgIpc) is 3.29. The molecule has 0 amide bonds. The predicted octanol–water partition coefficient (Wildman–Crippen LogP) is 5.02. The lowest BCUT2D eigenvalue weighted by molar-refractivity contribution is 0.174. The van der Waals surface area contributed by atoms with E-state index >= 15 is 0 Å². The molecule has 4 rings (SSSR count). The smallest absolute Gasteiger partial charge is 0.231 e. The molecule has 0 bridgehead atoms. The molecule has 2 aromatic carbocycles. The topological polar surface area (TPSA) is 136 Å². The molecule has 0 saturated carbocycles. The zero-order chi connectivity index (χ0) is 24.8. The highest BCUT2D eigenvalue weighted by Gasteiger charge is 2.27. The first-order valence-electron chi connectivity index (χ1n) is 10.6. The Hall–Kier alpha value is -3.58. The van der Waals surface area contributed by atoms with Gasteiger partial charge in [0, 0.05) is 11.0 Å². The number of H-pyrrole nitrogens is 1. The second-order valence-corrected chi connectivity index (χ2v) is 12.7. The van der Waals surface area contributed by atoms with Crippen LogP contribution in [0.25, 0.3) is 0 Å². The van der Waals surface area contributed by atoms with E-state index in [9.17, 15) is 19.9 Å². The molecule has 5 N–H and O–H groups in total. The van der Waals surface area contributed by atoms with Gasteiger partial charge < -0.3 is 34.7 Å². The van der Waals surface area contributed by atoms with Crippen LogP contribution in [0.1, 0.15) is 26.3 Å². The van der Waals surface area contributed by atoms with Gasteiger partial charge in [0.1, 0.15) is 18.6 Å². The minimum Gasteiger partial charge on any atom is -0.505 e. The number of aromatic nitrogens is 1. The van der Waals surface area contributed by atoms with Gasteiger partial charge in [-0.05, 0) is 43.7 Å². The van der Waals surface area contributed by atoms with E-state index in [1.807, 2.05) is 32.9 Å². The van der Waals surface area contributed by atoms with Crippen molar-refractivity contribution in [1.82, 2.24) is 4.98 Å². The number of benzene rings is 2. The summed E-state index contributed by atoms with van der Waals surface area (Å²) in [6.45, 7) is 9.18. The van der Waals surface area contributed by atoms with Gasteiger partial charge in [0.05, 0.1) is 16.7 Å². The monoisotopic (exact) mass is 485 g/mol. The molecule has 1 aliphatic rings. The van der Waals surface area contributed by atoms with Crippen molar-refractivity contribution in [2.45, 2.75) is 20.8 Å². The molecule has 1 aromatic heterocycles. The van der Waals surface area contributed by atoms with Crippen LogP contribution in [0, 0.1) is 5.41 Å². The predicted molar refractivity (Wildman–Crippen MR) is 133 cm³/mol. The average molecular weight is 485 g/mol. The minimum atomic E-state index is -2.76. The summed E-state index contributed by atoms with van der Waals surface area (Å²) in [5, 5.41) is 35.0. The number of aromatic amines is 1. The SMILES string of the molecule is CC(C)(C)C(=Nc1c(O)[nH]c(O)c1Nc1cccc(P(C)(C)=O)c1O)c1ccc2c(c1)OCO2. The van der Waals surface area contributed by atoms with Crippen LogP contribution < -0.4 is 20.1 Å². The Labute approximate surface area is 197 Å². The number of nitrogens with one attached hydrogen (secondary N) is 2. The number of fused-ring (bicyclic) bond motifs is 1. The van der Waals surface area contributed by atoms with Gasteiger partial charge in [-0.2, -0.15) is 0 Å². The van der Waals surface area contributed by atoms with Crippen molar-refractivity contribution in [3.8, 4) is 29.0 Å². The van der Waals surface area contributed by atoms with Crippen LogP contribution in [0.3, 0.4) is 0 Å². The number of para-hydroxylation sites is 1. The summed E-state index contributed by atoms with van der Waals surface area (Å²) in [5.74, 6) is 0.323. The first-order chi connectivity index (χ1) is 15.9. The van der Waals surface area contributed by atoms with Crippen molar-refractivity contribution in [3.63, 3.8) is 0 Å². The maximum Gasteiger partial charge on any atom is 0.231 e. The summed E-state index contributed by atoms with van der Waals surface area (Å²) >= 11 is 0. The van der Waals surface area contributed by atoms with Crippen LogP contribution in [0.15, 0.2) is 41.4 Å². The van der Waals surface area contributed by atoms with Gasteiger partial charge >= 0.3 is 0 Å². The van der Waals surface area contributed by atoms with Gasteiger partial charge in [-0.15, -0.1) is 0 Å². The van der Waals surface area contributed by atoms with Crippen molar-refractivity contribution < 1.29 is 29.4 Å². The van der Waals surface area contributed by atoms with Gasteiger partial charge in [0.2, 0.25) is 18.6 Å². The third kappa shape index (κ3) is 4.43. The first-order valence-corrected chi connectivity index (χ1v) is 13.2. The molecule has 180 valence electrons. The normalized spacial score (nSPS) is 13.9. The van der Waals surface area contributed by atoms with Crippen molar-refractivity contribution in [2.75, 3.05) is 25.4 Å². The molecule has 0 fully saturated rings. The van der Waals surface area contributed by atoms with Crippen LogP contribution in [-0.2, 0) is 4.57 Å². The standard InChI is InChI=1S/C24H28N3O6P/c1-24(2,3)21(13-9-10-15-16(11-13)33-12-32-15)26-19-18(22(29)27-23(19)30)25-14-7-6-8-17(20(14)28)34(4,5)31/h6-11,25,27-30H,12H2,1-5H3. The van der Waals surface area contributed by atoms with Gasteiger partial charge in [-0.25, -0.2) is 4.99 Å². The summed E-state index contributed by atoms with van der Waals surface area (Å²) in [6, 6.07) is 10.3. The third-order valence-corrected chi connectivity index (χ3v) is 6.89. The van der Waals surface area contributed by atoms with E-state index in [1.54, 1.807) is 37.6 Å². The number of rotatable bonds is 5. The third-order valence-electron chi connectivity index (χ3n) is 5.37. The van der Waals surface area contributed by atoms with Crippen molar-refractivity contribution >= 4 is 35.2 Å². The molecular formula is C24H28N3O6P. The van der Waals surface area contributed by atoms with Gasteiger partial charge in [-0.1, -0.05) is 26.8 Å². The lowest BCUT2D eigenvalue weighted by Crippen LogP contribution is -2.21. The number of phenols is 1. The molecule has 0 radical (unpaired) electrons. The van der Waals surface area contributed by atoms with Gasteiger partial charge in [-0.3, -0.25) is 4.98 Å². The highest BCUT2D eigenvalue weighted by atomic mass is 31.2. The number of nitrogens with zero attached hydrogens (tertiary/aromatic N) is 1. The minimum absolute atomic E-state index is 0.0566. The Bertz CT molecular complexity index is 1330. The zero-order valence-corrected chi connectivity index (χ0v) is 20.5. The van der Waals surface area contributed by atoms with Gasteiger partial charge in [0.25, 0.3) is 0 Å². The fraction of sp³-hybridized carbons (Fsp3) is 0.292. The van der Waals surface area contributed by atoms with Crippen molar-refractivity contribution in [1.29, 1.82) is 0 Å². The summed E-state index contributed by atoms with van der Waals surface area (Å²) in [5.41, 5.74) is 1.25. The molecule has 0 saturated heterocycles. The largest absolute Gasteiger partial charge is 0.505 e. The number of hydrogen-bond acceptors (Lipinski definition) is 8. The summed E-state index contributed by atoms with van der Waals surface area (Å²) in [7, 11) is -2.76. The molecule has 10 heteroatoms. The van der Waals surface area contributed by atoms with Gasteiger partial charge in [0.15, 0.2) is 17.2 Å². The fourth-order valence-electron chi connectivity index (χ4n) is 3.71. The van der Waals surface area contributed by atoms with Crippen LogP contribution >= 0.6 is 7.14 Å². The molecule has 3 aromatic rings. The Morgan fingerprint density at radius 1 is 1.06 bits per heavy atom. The summed E-state index contributed by atoms with van der Waals surface area (Å²) in [6.07, 6.45) is 0. The van der Waals surface area contributed by atoms with Crippen LogP contribution in [-0.4, -0.2) is 46.1 Å². The zero-order valence-electron chi connectivity index (χ0n) is 19.6. The van der Waals surface area contributed by atoms with Crippen LogP contribution in [0.5, 0.6) is 29.0 Å². The Morgan fingerprint density at radius 3 is 2.44 bits per heavy atom. The lowest BCUT2D eigenvalue weighted by Gasteiger charge is -2.22. The fourth-order valence-corrected chi connectivity index (χ4v) is 4.79. The molecule has 1 aliphatic heterocycles. The van der Waals surface area contributed by atoms with Crippen LogP contribution in [0.4, 0.5) is 17.1 Å². The van der Waals surface area contributed by atoms with Crippen molar-refractivity contribution in [2.24, 2.45) is 10.4 Å². The van der Waals surface area contributed by atoms with E-state index in [0.717, 1.165) is 5.56 Å². The molecule has 9 nitrogen and oxygen atoms in total. The Balaban J connectivity index is 1.82. The van der Waals surface area contributed by atoms with Crippen molar-refractivity contribution in [3.05, 3.63) is 42.0 Å². The quantitative estimate of drug-likeness (QED) is 0.194. The molecule has 0 unspecified atom stereocenters. The van der Waals surface area contributed by atoms with E-state index < -0.39 is 12.6 Å². The maximum absolute atomic E-state index is 12.5. The Kier molecular flexibility index (Phi) is 5.77. The Morgan fingerprint density at radius 2 is 1.76 bits per heavy atom. The second kappa shape index (κ2) is 8.33. The molecule has 0 atom stereocenters. The van der Waals surface area contributed by atoms with E-state index in [2.05, 4.69) is 10.3 Å². The molecule has 0 aliphatic carbocycles. The summed E-state index contributed by atoms with van der Waals surface area (Å²) < 4.78 is 23.4. The number of hydrogen-bond donors (Lipinski definition) is 5. The maximum atomic E-state index is 12.5. The molecular weight excluding hydrogens is 457 g/mol. The number of phenolic OH excluding ortho intramolecular Hbond substituents is 1. The number of ether oxygens (including phenoxy) is 2. The molecule has 2 heterocycles. The number of aliphatic imine (C=N–C) groups is 1. The van der Waals surface area contributed by atoms with E-state index in [4.69, 9.17) is 14.5 Å². The highest BCUT2D eigenvalue weighted by molar-refractivity contribution is 7.70. The highest BCUT2D eigenvalue weighted by Crippen LogP contribution is 2.47. The van der Waals surface area contributed by atoms with E-state index in [0.29, 0.717) is 22.5 Å². The van der Waals surface area contributed by atoms with E-state index in [-0.39, 0.29) is 41.4 Å². The molecule has 0 spiro atoms. The van der Waals surface area contributed by atoms with Crippen LogP contribution in [0.2, 0.25) is 0 Å². The lowest BCUT2D eigenvalue weighted by atomic mass is 9.85. The molecule has 34 heavy (non-hydrogen) atoms. The first kappa shape index (κ1) is 23.6. The number of aromatic hydroxyl groups is 3.